The van der Waals surface area contributed by atoms with E-state index < -0.39 is 0 Å². The molecule has 3 rings (SSSR count). The zero-order valence-electron chi connectivity index (χ0n) is 17.9. The summed E-state index contributed by atoms with van der Waals surface area (Å²) >= 11 is 0. The number of hydrogen-bond donors (Lipinski definition) is 0. The highest BCUT2D eigenvalue weighted by atomic mass is 16.5. The molecule has 0 fully saturated rings. The van der Waals surface area contributed by atoms with Gasteiger partial charge in [-0.15, -0.1) is 0 Å². The lowest BCUT2D eigenvalue weighted by molar-refractivity contribution is -0.870. The monoisotopic (exact) mass is 384 g/mol. The van der Waals surface area contributed by atoms with E-state index >= 15 is 0 Å². The van der Waals surface area contributed by atoms with E-state index in [4.69, 9.17) is 18.9 Å². The zero-order chi connectivity index (χ0) is 20.5. The average Bonchev–Trinajstić information content (AvgIpc) is 2.69. The number of fused-ring (bicyclic) bond motifs is 3. The van der Waals surface area contributed by atoms with E-state index in [0.29, 0.717) is 11.5 Å². The Labute approximate surface area is 167 Å². The van der Waals surface area contributed by atoms with Gasteiger partial charge in [0.1, 0.15) is 0 Å². The van der Waals surface area contributed by atoms with Crippen LogP contribution in [-0.2, 0) is 6.42 Å². The van der Waals surface area contributed by atoms with E-state index in [0.717, 1.165) is 45.1 Å². The standard InChI is InChI=1S/C23H30NO4/c1-24(2,3)11-10-16-13-21(27-6)23(28-7)22-17(16)9-8-15-12-19(25-4)20(26-5)14-18(15)22/h8-9,12-14H,10-11H2,1-7H3/q+1. The first kappa shape index (κ1) is 20.1. The highest BCUT2D eigenvalue weighted by molar-refractivity contribution is 6.13. The first-order valence-corrected chi connectivity index (χ1v) is 9.35. The molecule has 5 heteroatoms. The van der Waals surface area contributed by atoms with Gasteiger partial charge >= 0.3 is 0 Å². The summed E-state index contributed by atoms with van der Waals surface area (Å²) < 4.78 is 23.4. The Morgan fingerprint density at radius 2 is 1.36 bits per heavy atom. The molecule has 0 N–H and O–H groups in total. The van der Waals surface area contributed by atoms with Gasteiger partial charge in [-0.1, -0.05) is 12.1 Å². The molecule has 0 radical (unpaired) electrons. The van der Waals surface area contributed by atoms with E-state index in [2.05, 4.69) is 39.3 Å². The molecule has 0 aliphatic carbocycles. The third-order valence-electron chi connectivity index (χ3n) is 5.10. The Bertz CT molecular complexity index is 1010. The van der Waals surface area contributed by atoms with Crippen LogP contribution in [0.2, 0.25) is 0 Å². The van der Waals surface area contributed by atoms with E-state index in [1.807, 2.05) is 12.1 Å². The number of ether oxygens (including phenoxy) is 4. The smallest absolute Gasteiger partial charge is 0.169 e. The summed E-state index contributed by atoms with van der Waals surface area (Å²) in [5.74, 6) is 2.89. The zero-order valence-corrected chi connectivity index (χ0v) is 17.9. The van der Waals surface area contributed by atoms with Crippen LogP contribution in [0.3, 0.4) is 0 Å². The minimum absolute atomic E-state index is 0.695. The topological polar surface area (TPSA) is 36.9 Å². The van der Waals surface area contributed by atoms with Crippen molar-refractivity contribution in [2.24, 2.45) is 0 Å². The van der Waals surface area contributed by atoms with Crippen LogP contribution in [0, 0.1) is 0 Å². The Morgan fingerprint density at radius 3 is 1.93 bits per heavy atom. The average molecular weight is 384 g/mol. The second-order valence-electron chi connectivity index (χ2n) is 7.95. The minimum atomic E-state index is 0.695. The van der Waals surface area contributed by atoms with Crippen molar-refractivity contribution in [3.8, 4) is 23.0 Å². The Balaban J connectivity index is 2.37. The van der Waals surface area contributed by atoms with Crippen LogP contribution < -0.4 is 18.9 Å². The predicted octanol–water partition coefficient (Wildman–Crippen LogP) is 4.28. The molecule has 3 aromatic rings. The maximum atomic E-state index is 5.79. The largest absolute Gasteiger partial charge is 0.493 e. The van der Waals surface area contributed by atoms with Crippen LogP contribution in [0.25, 0.3) is 21.5 Å². The normalized spacial score (nSPS) is 11.7. The van der Waals surface area contributed by atoms with Crippen LogP contribution >= 0.6 is 0 Å². The molecule has 0 aromatic heterocycles. The summed E-state index contributed by atoms with van der Waals surface area (Å²) in [5.41, 5.74) is 1.25. The van der Waals surface area contributed by atoms with Gasteiger partial charge < -0.3 is 23.4 Å². The molecule has 0 aliphatic heterocycles. The minimum Gasteiger partial charge on any atom is -0.493 e. The van der Waals surface area contributed by atoms with Gasteiger partial charge in [0.2, 0.25) is 0 Å². The molecule has 3 aromatic carbocycles. The second-order valence-corrected chi connectivity index (χ2v) is 7.95. The molecule has 5 nitrogen and oxygen atoms in total. The number of methoxy groups -OCH3 is 4. The summed E-state index contributed by atoms with van der Waals surface area (Å²) in [6.45, 7) is 1.02. The molecule has 0 atom stereocenters. The summed E-state index contributed by atoms with van der Waals surface area (Å²) in [5, 5.41) is 4.33. The lowest BCUT2D eigenvalue weighted by Gasteiger charge is -2.25. The van der Waals surface area contributed by atoms with Crippen LogP contribution in [-0.4, -0.2) is 60.6 Å². The molecule has 0 saturated carbocycles. The fourth-order valence-corrected chi connectivity index (χ4v) is 3.60. The fraction of sp³-hybridized carbons (Fsp3) is 0.391. The molecule has 28 heavy (non-hydrogen) atoms. The van der Waals surface area contributed by atoms with Crippen molar-refractivity contribution in [1.82, 2.24) is 0 Å². The second kappa shape index (κ2) is 7.76. The number of likely N-dealkylation sites (N-methyl/N-ethyl adjacent to an activating group) is 1. The van der Waals surface area contributed by atoms with E-state index in [1.165, 1.54) is 10.9 Å². The lowest BCUT2D eigenvalue weighted by atomic mass is 9.95. The molecular formula is C23H30NO4+. The molecule has 0 saturated heterocycles. The van der Waals surface area contributed by atoms with Crippen LogP contribution in [0.15, 0.2) is 30.3 Å². The SMILES string of the molecule is COc1cc2ccc3c(CC[N+](C)(C)C)cc(OC)c(OC)c3c2cc1OC. The van der Waals surface area contributed by atoms with Crippen molar-refractivity contribution in [1.29, 1.82) is 0 Å². The van der Waals surface area contributed by atoms with Crippen molar-refractivity contribution in [3.05, 3.63) is 35.9 Å². The molecule has 150 valence electrons. The first-order chi connectivity index (χ1) is 13.3. The molecular weight excluding hydrogens is 354 g/mol. The fourth-order valence-electron chi connectivity index (χ4n) is 3.60. The van der Waals surface area contributed by atoms with Gasteiger partial charge in [-0.05, 0) is 39.9 Å². The van der Waals surface area contributed by atoms with Gasteiger partial charge in [0, 0.05) is 11.8 Å². The van der Waals surface area contributed by atoms with E-state index in [9.17, 15) is 0 Å². The lowest BCUT2D eigenvalue weighted by Crippen LogP contribution is -2.36. The third kappa shape index (κ3) is 3.67. The number of nitrogens with zero attached hydrogens (tertiary/aromatic N) is 1. The van der Waals surface area contributed by atoms with Crippen molar-refractivity contribution in [2.45, 2.75) is 6.42 Å². The number of rotatable bonds is 7. The summed E-state index contributed by atoms with van der Waals surface area (Å²) in [4.78, 5) is 0. The predicted molar refractivity (Wildman–Crippen MR) is 114 cm³/mol. The van der Waals surface area contributed by atoms with E-state index in [1.54, 1.807) is 28.4 Å². The number of hydrogen-bond acceptors (Lipinski definition) is 4. The summed E-state index contributed by atoms with van der Waals surface area (Å²) in [7, 11) is 13.3. The number of benzene rings is 3. The molecule has 0 unspecified atom stereocenters. The maximum Gasteiger partial charge on any atom is 0.169 e. The van der Waals surface area contributed by atoms with Gasteiger partial charge in [-0.25, -0.2) is 0 Å². The quantitative estimate of drug-likeness (QED) is 0.450. The first-order valence-electron chi connectivity index (χ1n) is 9.35. The van der Waals surface area contributed by atoms with Crippen molar-refractivity contribution >= 4 is 21.5 Å². The summed E-state index contributed by atoms with van der Waals surface area (Å²) in [6.07, 6.45) is 0.944. The van der Waals surface area contributed by atoms with Crippen molar-refractivity contribution < 1.29 is 23.4 Å². The molecule has 0 spiro atoms. The van der Waals surface area contributed by atoms with Gasteiger partial charge in [0.25, 0.3) is 0 Å². The molecule has 0 bridgehead atoms. The summed E-state index contributed by atoms with van der Waals surface area (Å²) in [6, 6.07) is 10.4. The van der Waals surface area contributed by atoms with Crippen molar-refractivity contribution in [3.63, 3.8) is 0 Å². The molecule has 0 aliphatic rings. The van der Waals surface area contributed by atoms with Crippen molar-refractivity contribution in [2.75, 3.05) is 56.1 Å². The van der Waals surface area contributed by atoms with Gasteiger partial charge in [0.05, 0.1) is 56.1 Å². The van der Waals surface area contributed by atoms with Gasteiger partial charge in [-0.2, -0.15) is 0 Å². The Kier molecular flexibility index (Phi) is 5.57. The van der Waals surface area contributed by atoms with Gasteiger partial charge in [0.15, 0.2) is 23.0 Å². The van der Waals surface area contributed by atoms with Crippen LogP contribution in [0.4, 0.5) is 0 Å². The number of quaternary nitrogens is 1. The molecule has 0 heterocycles. The van der Waals surface area contributed by atoms with E-state index in [-0.39, 0.29) is 0 Å². The Hall–Kier alpha value is -2.66. The van der Waals surface area contributed by atoms with Gasteiger partial charge in [-0.3, -0.25) is 0 Å². The Morgan fingerprint density at radius 1 is 0.714 bits per heavy atom. The highest BCUT2D eigenvalue weighted by Crippen LogP contribution is 2.44. The van der Waals surface area contributed by atoms with Crippen LogP contribution in [0.5, 0.6) is 23.0 Å². The van der Waals surface area contributed by atoms with Crippen LogP contribution in [0.1, 0.15) is 5.56 Å². The molecule has 0 amide bonds. The third-order valence-corrected chi connectivity index (χ3v) is 5.10. The highest BCUT2D eigenvalue weighted by Gasteiger charge is 2.19. The maximum absolute atomic E-state index is 5.79.